The van der Waals surface area contributed by atoms with Crippen molar-refractivity contribution in [2.45, 2.75) is 26.3 Å². The van der Waals surface area contributed by atoms with Gasteiger partial charge >= 0.3 is 0 Å². The number of carbonyl (C=O) groups excluding carboxylic acids is 1. The van der Waals surface area contributed by atoms with Crippen LogP contribution in [0.5, 0.6) is 0 Å². The van der Waals surface area contributed by atoms with E-state index in [9.17, 15) is 4.79 Å². The molecule has 1 aromatic carbocycles. The lowest BCUT2D eigenvalue weighted by Crippen LogP contribution is -2.33. The van der Waals surface area contributed by atoms with E-state index in [1.165, 1.54) is 0 Å². The van der Waals surface area contributed by atoms with Crippen molar-refractivity contribution in [3.8, 4) is 0 Å². The van der Waals surface area contributed by atoms with Crippen LogP contribution in [0.25, 0.3) is 11.0 Å². The standard InChI is InChI=1S/C14H17N3O/c1-9-5-10(2)17(7-9)14(18)11-3-4-12-13(6-11)16-8-15-12/h3-4,6,8-10H,5,7H2,1-2H3,(H,15,16). The molecule has 3 rings (SSSR count). The minimum Gasteiger partial charge on any atom is -0.345 e. The van der Waals surface area contributed by atoms with Crippen molar-refractivity contribution in [2.24, 2.45) is 5.92 Å². The number of fused-ring (bicyclic) bond motifs is 1. The van der Waals surface area contributed by atoms with Crippen LogP contribution in [-0.2, 0) is 0 Å². The van der Waals surface area contributed by atoms with E-state index in [0.29, 0.717) is 12.0 Å². The van der Waals surface area contributed by atoms with E-state index in [4.69, 9.17) is 0 Å². The maximum atomic E-state index is 12.5. The van der Waals surface area contributed by atoms with Crippen molar-refractivity contribution in [3.63, 3.8) is 0 Å². The predicted molar refractivity (Wildman–Crippen MR) is 70.4 cm³/mol. The molecule has 1 amide bonds. The molecule has 1 aliphatic rings. The number of aromatic amines is 1. The van der Waals surface area contributed by atoms with Crippen molar-refractivity contribution in [2.75, 3.05) is 6.54 Å². The summed E-state index contributed by atoms with van der Waals surface area (Å²) in [6.45, 7) is 5.18. The molecule has 4 heteroatoms. The lowest BCUT2D eigenvalue weighted by Gasteiger charge is -2.21. The van der Waals surface area contributed by atoms with Crippen LogP contribution in [0.1, 0.15) is 30.6 Å². The second kappa shape index (κ2) is 4.12. The molecule has 94 valence electrons. The van der Waals surface area contributed by atoms with E-state index in [1.807, 2.05) is 23.1 Å². The summed E-state index contributed by atoms with van der Waals surface area (Å²) >= 11 is 0. The highest BCUT2D eigenvalue weighted by atomic mass is 16.2. The molecule has 2 heterocycles. The first-order chi connectivity index (χ1) is 8.65. The lowest BCUT2D eigenvalue weighted by atomic mass is 10.1. The van der Waals surface area contributed by atoms with Crippen LogP contribution in [-0.4, -0.2) is 33.4 Å². The molecule has 0 spiro atoms. The van der Waals surface area contributed by atoms with Crippen LogP contribution < -0.4 is 0 Å². The van der Waals surface area contributed by atoms with Gasteiger partial charge in [-0.25, -0.2) is 4.98 Å². The Bertz CT molecular complexity index is 589. The quantitative estimate of drug-likeness (QED) is 0.836. The molecule has 4 nitrogen and oxygen atoms in total. The van der Waals surface area contributed by atoms with Crippen molar-refractivity contribution in [1.82, 2.24) is 14.9 Å². The molecule has 1 aromatic heterocycles. The van der Waals surface area contributed by atoms with Gasteiger partial charge in [-0.05, 0) is 37.5 Å². The first-order valence-corrected chi connectivity index (χ1v) is 6.39. The Labute approximate surface area is 106 Å². The number of carbonyl (C=O) groups is 1. The van der Waals surface area contributed by atoms with E-state index < -0.39 is 0 Å². The van der Waals surface area contributed by atoms with Gasteiger partial charge in [0.2, 0.25) is 0 Å². The van der Waals surface area contributed by atoms with Gasteiger partial charge in [0.1, 0.15) is 0 Å². The fraction of sp³-hybridized carbons (Fsp3) is 0.429. The summed E-state index contributed by atoms with van der Waals surface area (Å²) in [5, 5.41) is 0. The monoisotopic (exact) mass is 243 g/mol. The molecular weight excluding hydrogens is 226 g/mol. The highest BCUT2D eigenvalue weighted by Gasteiger charge is 2.30. The molecule has 0 saturated carbocycles. The topological polar surface area (TPSA) is 49.0 Å². The number of hydrogen-bond acceptors (Lipinski definition) is 2. The van der Waals surface area contributed by atoms with E-state index >= 15 is 0 Å². The summed E-state index contributed by atoms with van der Waals surface area (Å²) in [5.41, 5.74) is 2.56. The van der Waals surface area contributed by atoms with Gasteiger partial charge in [-0.15, -0.1) is 0 Å². The van der Waals surface area contributed by atoms with Crippen molar-refractivity contribution >= 4 is 16.9 Å². The Morgan fingerprint density at radius 3 is 3.00 bits per heavy atom. The largest absolute Gasteiger partial charge is 0.345 e. The maximum Gasteiger partial charge on any atom is 0.254 e. The van der Waals surface area contributed by atoms with Gasteiger partial charge in [0.05, 0.1) is 17.4 Å². The fourth-order valence-electron chi connectivity index (χ4n) is 2.82. The SMILES string of the molecule is CC1CC(C)N(C(=O)c2ccc3nc[nH]c3c2)C1. The highest BCUT2D eigenvalue weighted by molar-refractivity contribution is 5.97. The number of nitrogens with one attached hydrogen (secondary N) is 1. The number of H-pyrrole nitrogens is 1. The molecule has 1 N–H and O–H groups in total. The molecule has 2 unspecified atom stereocenters. The molecular formula is C14H17N3O. The third kappa shape index (κ3) is 1.78. The molecule has 2 atom stereocenters. The van der Waals surface area contributed by atoms with Crippen LogP contribution in [0.15, 0.2) is 24.5 Å². The predicted octanol–water partition coefficient (Wildman–Crippen LogP) is 2.43. The lowest BCUT2D eigenvalue weighted by molar-refractivity contribution is 0.0744. The van der Waals surface area contributed by atoms with E-state index in [0.717, 1.165) is 29.6 Å². The Morgan fingerprint density at radius 2 is 2.28 bits per heavy atom. The third-order valence-electron chi connectivity index (χ3n) is 3.71. The summed E-state index contributed by atoms with van der Waals surface area (Å²) in [4.78, 5) is 21.6. The van der Waals surface area contributed by atoms with E-state index in [2.05, 4.69) is 23.8 Å². The number of imidazole rings is 1. The van der Waals surface area contributed by atoms with Crippen LogP contribution in [0.4, 0.5) is 0 Å². The van der Waals surface area contributed by atoms with Gasteiger partial charge in [-0.3, -0.25) is 4.79 Å². The number of aromatic nitrogens is 2. The Hall–Kier alpha value is -1.84. The highest BCUT2D eigenvalue weighted by Crippen LogP contribution is 2.24. The second-order valence-electron chi connectivity index (χ2n) is 5.28. The van der Waals surface area contributed by atoms with E-state index in [1.54, 1.807) is 6.33 Å². The minimum atomic E-state index is 0.128. The number of likely N-dealkylation sites (tertiary alicyclic amines) is 1. The van der Waals surface area contributed by atoms with Gasteiger partial charge in [0.25, 0.3) is 5.91 Å². The Balaban J connectivity index is 1.91. The molecule has 18 heavy (non-hydrogen) atoms. The second-order valence-corrected chi connectivity index (χ2v) is 5.28. The van der Waals surface area contributed by atoms with E-state index in [-0.39, 0.29) is 5.91 Å². The number of rotatable bonds is 1. The number of amides is 1. The first kappa shape index (κ1) is 11.3. The zero-order valence-electron chi connectivity index (χ0n) is 10.7. The minimum absolute atomic E-state index is 0.128. The van der Waals surface area contributed by atoms with Crippen molar-refractivity contribution in [1.29, 1.82) is 0 Å². The molecule has 2 aromatic rings. The van der Waals surface area contributed by atoms with Crippen LogP contribution in [0, 0.1) is 5.92 Å². The van der Waals surface area contributed by atoms with Crippen LogP contribution >= 0.6 is 0 Å². The van der Waals surface area contributed by atoms with Gasteiger partial charge in [0, 0.05) is 18.2 Å². The average molecular weight is 243 g/mol. The fourth-order valence-corrected chi connectivity index (χ4v) is 2.82. The zero-order chi connectivity index (χ0) is 12.7. The van der Waals surface area contributed by atoms with Gasteiger partial charge in [-0.2, -0.15) is 0 Å². The number of benzene rings is 1. The Morgan fingerprint density at radius 1 is 1.44 bits per heavy atom. The summed E-state index contributed by atoms with van der Waals surface area (Å²) in [6, 6.07) is 5.98. The number of hydrogen-bond donors (Lipinski definition) is 1. The molecule has 1 aliphatic heterocycles. The molecule has 1 fully saturated rings. The summed E-state index contributed by atoms with van der Waals surface area (Å²) in [7, 11) is 0. The smallest absolute Gasteiger partial charge is 0.254 e. The molecule has 0 radical (unpaired) electrons. The average Bonchev–Trinajstić information content (AvgIpc) is 2.93. The van der Waals surface area contributed by atoms with Crippen molar-refractivity contribution in [3.05, 3.63) is 30.1 Å². The number of nitrogens with zero attached hydrogens (tertiary/aromatic N) is 2. The third-order valence-corrected chi connectivity index (χ3v) is 3.71. The summed E-state index contributed by atoms with van der Waals surface area (Å²) < 4.78 is 0. The Kier molecular flexibility index (Phi) is 2.58. The van der Waals surface area contributed by atoms with Crippen LogP contribution in [0.2, 0.25) is 0 Å². The van der Waals surface area contributed by atoms with Gasteiger partial charge < -0.3 is 9.88 Å². The summed E-state index contributed by atoms with van der Waals surface area (Å²) in [5.74, 6) is 0.725. The van der Waals surface area contributed by atoms with Gasteiger partial charge in [0.15, 0.2) is 0 Å². The first-order valence-electron chi connectivity index (χ1n) is 6.39. The summed E-state index contributed by atoms with van der Waals surface area (Å²) in [6.07, 6.45) is 2.75. The molecule has 1 saturated heterocycles. The normalized spacial score (nSPS) is 23.8. The van der Waals surface area contributed by atoms with Crippen molar-refractivity contribution < 1.29 is 4.79 Å². The zero-order valence-corrected chi connectivity index (χ0v) is 10.7. The molecule has 0 bridgehead atoms. The van der Waals surface area contributed by atoms with Crippen LogP contribution in [0.3, 0.4) is 0 Å². The van der Waals surface area contributed by atoms with Gasteiger partial charge in [-0.1, -0.05) is 6.92 Å². The molecule has 0 aliphatic carbocycles. The maximum absolute atomic E-state index is 12.5.